The summed E-state index contributed by atoms with van der Waals surface area (Å²) in [5.74, 6) is 0. The third kappa shape index (κ3) is 4.98. The van der Waals surface area contributed by atoms with Crippen LogP contribution in [-0.4, -0.2) is 62.2 Å². The average molecular weight is 428 g/mol. The topological polar surface area (TPSA) is 73.2 Å². The van der Waals surface area contributed by atoms with Crippen LogP contribution in [0.1, 0.15) is 18.9 Å². The maximum Gasteiger partial charge on any atom is 0.242 e. The second kappa shape index (κ2) is 10.0. The van der Waals surface area contributed by atoms with E-state index in [1.54, 1.807) is 30.3 Å². The summed E-state index contributed by atoms with van der Waals surface area (Å²) in [6.45, 7) is 7.54. The fourth-order valence-electron chi connectivity index (χ4n) is 3.63. The lowest BCUT2D eigenvalue weighted by atomic mass is 10.2. The number of nitrogens with zero attached hydrogens (tertiary/aromatic N) is 3. The molecule has 0 unspecified atom stereocenters. The molecule has 0 spiro atoms. The van der Waals surface area contributed by atoms with Gasteiger partial charge in [0.1, 0.15) is 5.25 Å². The van der Waals surface area contributed by atoms with Crippen LogP contribution in [0.3, 0.4) is 0 Å². The Hall–Kier alpha value is -2.48. The van der Waals surface area contributed by atoms with Crippen LogP contribution < -0.4 is 4.31 Å². The number of hydrogen-bond acceptors (Lipinski definition) is 5. The number of para-hydroxylation sites is 2. The van der Waals surface area contributed by atoms with E-state index in [9.17, 15) is 13.5 Å². The molecule has 0 aliphatic carbocycles. The van der Waals surface area contributed by atoms with Gasteiger partial charge in [-0.15, -0.1) is 0 Å². The first-order valence-corrected chi connectivity index (χ1v) is 11.7. The SMILES string of the molecule is C=Cc1ccccc1N=CCCN(CC)C[C@@H]1[C@@H](O)CN(c2ccccc2)S1(=O)=O. The van der Waals surface area contributed by atoms with Crippen molar-refractivity contribution in [3.8, 4) is 0 Å². The molecule has 2 aromatic rings. The van der Waals surface area contributed by atoms with Gasteiger partial charge in [-0.3, -0.25) is 9.30 Å². The van der Waals surface area contributed by atoms with E-state index in [4.69, 9.17) is 0 Å². The van der Waals surface area contributed by atoms with Gasteiger partial charge in [0.15, 0.2) is 0 Å². The molecule has 0 radical (unpaired) electrons. The first kappa shape index (κ1) is 22.2. The number of benzene rings is 2. The largest absolute Gasteiger partial charge is 0.390 e. The number of aliphatic hydroxyl groups excluding tert-OH is 1. The van der Waals surface area contributed by atoms with Crippen LogP contribution in [0.25, 0.3) is 6.08 Å². The summed E-state index contributed by atoms with van der Waals surface area (Å²) in [5.41, 5.74) is 2.43. The highest BCUT2D eigenvalue weighted by Gasteiger charge is 2.46. The van der Waals surface area contributed by atoms with Crippen molar-refractivity contribution < 1.29 is 13.5 Å². The minimum absolute atomic E-state index is 0.0916. The van der Waals surface area contributed by atoms with E-state index in [1.807, 2.05) is 48.4 Å². The Morgan fingerprint density at radius 2 is 1.90 bits per heavy atom. The number of β-amino-alcohol motifs (C(OH)–C–C–N with tert-alkyl or cyclic N) is 1. The molecule has 7 heteroatoms. The number of sulfonamides is 1. The highest BCUT2D eigenvalue weighted by Crippen LogP contribution is 2.29. The molecule has 1 heterocycles. The third-order valence-corrected chi connectivity index (χ3v) is 7.57. The first-order valence-electron chi connectivity index (χ1n) is 10.2. The lowest BCUT2D eigenvalue weighted by Crippen LogP contribution is -2.41. The quantitative estimate of drug-likeness (QED) is 0.623. The molecule has 1 aliphatic heterocycles. The number of rotatable bonds is 9. The van der Waals surface area contributed by atoms with E-state index < -0.39 is 21.4 Å². The number of hydrogen-bond donors (Lipinski definition) is 1. The van der Waals surface area contributed by atoms with Crippen LogP contribution in [0.4, 0.5) is 11.4 Å². The number of aliphatic imine (C=N–C) groups is 1. The molecule has 0 saturated carbocycles. The molecule has 30 heavy (non-hydrogen) atoms. The minimum atomic E-state index is -3.62. The predicted octanol–water partition coefficient (Wildman–Crippen LogP) is 3.32. The fourth-order valence-corrected chi connectivity index (χ4v) is 5.61. The Labute approximate surface area is 179 Å². The van der Waals surface area contributed by atoms with Gasteiger partial charge in [-0.25, -0.2) is 8.42 Å². The molecule has 1 aliphatic rings. The van der Waals surface area contributed by atoms with Crippen LogP contribution in [0.15, 0.2) is 66.2 Å². The van der Waals surface area contributed by atoms with Crippen LogP contribution >= 0.6 is 0 Å². The molecule has 0 amide bonds. The summed E-state index contributed by atoms with van der Waals surface area (Å²) in [6.07, 6.45) is 3.39. The summed E-state index contributed by atoms with van der Waals surface area (Å²) >= 11 is 0. The van der Waals surface area contributed by atoms with E-state index in [0.29, 0.717) is 31.7 Å². The van der Waals surface area contributed by atoms with Gasteiger partial charge in [0, 0.05) is 19.3 Å². The van der Waals surface area contributed by atoms with Crippen molar-refractivity contribution >= 4 is 33.7 Å². The van der Waals surface area contributed by atoms with E-state index >= 15 is 0 Å². The normalized spacial score (nSPS) is 20.8. The van der Waals surface area contributed by atoms with Gasteiger partial charge in [0.2, 0.25) is 10.0 Å². The zero-order valence-electron chi connectivity index (χ0n) is 17.3. The molecule has 1 saturated heterocycles. The second-order valence-electron chi connectivity index (χ2n) is 7.27. The van der Waals surface area contributed by atoms with Crippen LogP contribution in [-0.2, 0) is 10.0 Å². The number of aliphatic hydroxyl groups is 1. The highest BCUT2D eigenvalue weighted by molar-refractivity contribution is 7.93. The molecule has 160 valence electrons. The summed E-state index contributed by atoms with van der Waals surface area (Å²) in [5, 5.41) is 9.66. The van der Waals surface area contributed by atoms with Gasteiger partial charge >= 0.3 is 0 Å². The third-order valence-electron chi connectivity index (χ3n) is 5.36. The maximum absolute atomic E-state index is 13.0. The van der Waals surface area contributed by atoms with E-state index in [0.717, 1.165) is 11.3 Å². The van der Waals surface area contributed by atoms with Gasteiger partial charge in [0.25, 0.3) is 0 Å². The molecule has 1 fully saturated rings. The monoisotopic (exact) mass is 427 g/mol. The minimum Gasteiger partial charge on any atom is -0.390 e. The van der Waals surface area contributed by atoms with Gasteiger partial charge in [-0.2, -0.15) is 0 Å². The molecule has 3 rings (SSSR count). The molecule has 0 bridgehead atoms. The maximum atomic E-state index is 13.0. The van der Waals surface area contributed by atoms with Gasteiger partial charge in [-0.1, -0.05) is 56.0 Å². The molecule has 0 aromatic heterocycles. The van der Waals surface area contributed by atoms with Gasteiger partial charge < -0.3 is 10.0 Å². The highest BCUT2D eigenvalue weighted by atomic mass is 32.2. The van der Waals surface area contributed by atoms with Crippen molar-refractivity contribution in [1.82, 2.24) is 4.90 Å². The molecule has 1 N–H and O–H groups in total. The van der Waals surface area contributed by atoms with Crippen molar-refractivity contribution in [1.29, 1.82) is 0 Å². The Morgan fingerprint density at radius 1 is 1.20 bits per heavy atom. The Balaban J connectivity index is 1.62. The van der Waals surface area contributed by atoms with Gasteiger partial charge in [0.05, 0.1) is 24.0 Å². The predicted molar refractivity (Wildman–Crippen MR) is 124 cm³/mol. The zero-order chi connectivity index (χ0) is 21.6. The lowest BCUT2D eigenvalue weighted by molar-refractivity contribution is 0.163. The van der Waals surface area contributed by atoms with E-state index in [1.165, 1.54) is 4.31 Å². The Bertz CT molecular complexity index is 976. The number of anilines is 1. The van der Waals surface area contributed by atoms with E-state index in [-0.39, 0.29) is 6.54 Å². The summed E-state index contributed by atoms with van der Waals surface area (Å²) < 4.78 is 27.4. The van der Waals surface area contributed by atoms with Crippen LogP contribution in [0, 0.1) is 0 Å². The molecule has 2 aromatic carbocycles. The molecular weight excluding hydrogens is 398 g/mol. The van der Waals surface area contributed by atoms with Crippen LogP contribution in [0.5, 0.6) is 0 Å². The molecule has 6 nitrogen and oxygen atoms in total. The Kier molecular flexibility index (Phi) is 7.42. The lowest BCUT2D eigenvalue weighted by Gasteiger charge is -2.25. The average Bonchev–Trinajstić information content (AvgIpc) is 2.99. The summed E-state index contributed by atoms with van der Waals surface area (Å²) in [7, 11) is -3.62. The molecule has 2 atom stereocenters. The van der Waals surface area contributed by atoms with Crippen molar-refractivity contribution in [3.63, 3.8) is 0 Å². The van der Waals surface area contributed by atoms with Crippen molar-refractivity contribution in [2.24, 2.45) is 4.99 Å². The summed E-state index contributed by atoms with van der Waals surface area (Å²) in [6, 6.07) is 16.7. The molecular formula is C23H29N3O3S. The fraction of sp³-hybridized carbons (Fsp3) is 0.348. The van der Waals surface area contributed by atoms with Crippen molar-refractivity contribution in [2.75, 3.05) is 30.5 Å². The second-order valence-corrected chi connectivity index (χ2v) is 9.35. The zero-order valence-corrected chi connectivity index (χ0v) is 18.1. The first-order chi connectivity index (χ1) is 14.5. The van der Waals surface area contributed by atoms with E-state index in [2.05, 4.69) is 11.6 Å². The smallest absolute Gasteiger partial charge is 0.242 e. The van der Waals surface area contributed by atoms with Crippen molar-refractivity contribution in [3.05, 3.63) is 66.7 Å². The van der Waals surface area contributed by atoms with Crippen molar-refractivity contribution in [2.45, 2.75) is 24.7 Å². The van der Waals surface area contributed by atoms with Crippen LogP contribution in [0.2, 0.25) is 0 Å². The standard InChI is InChI=1S/C23H29N3O3S/c1-3-19-11-8-9-14-21(19)24-15-10-16-25(4-2)18-23-22(27)17-26(30(23,28)29)20-12-6-5-7-13-20/h3,5-9,11-15,22-23,27H,1,4,10,16-18H2,2H3/t22-,23+/m0/s1. The Morgan fingerprint density at radius 3 is 2.60 bits per heavy atom. The van der Waals surface area contributed by atoms with Gasteiger partial charge in [-0.05, 0) is 36.7 Å². The summed E-state index contributed by atoms with van der Waals surface area (Å²) in [4.78, 5) is 6.56.